The number of benzene rings is 2. The summed E-state index contributed by atoms with van der Waals surface area (Å²) < 4.78 is 18.3. The monoisotopic (exact) mass is 333 g/mol. The van der Waals surface area contributed by atoms with Crippen molar-refractivity contribution in [1.29, 1.82) is 0 Å². The summed E-state index contributed by atoms with van der Waals surface area (Å²) in [7, 11) is 1.62. The molecule has 0 aliphatic heterocycles. The molecule has 0 unspecified atom stereocenters. The summed E-state index contributed by atoms with van der Waals surface area (Å²) in [5.41, 5.74) is 1.36. The van der Waals surface area contributed by atoms with Crippen LogP contribution in [0.5, 0.6) is 5.75 Å². The van der Waals surface area contributed by atoms with E-state index in [1.165, 1.54) is 18.2 Å². The number of carbonyl (C=O) groups excluding carboxylic acids is 1. The maximum Gasteiger partial charge on any atom is 0.255 e. The number of hydrogen-bond donors (Lipinski definition) is 0. The van der Waals surface area contributed by atoms with Crippen molar-refractivity contribution in [1.82, 2.24) is 4.90 Å². The first-order valence-corrected chi connectivity index (χ1v) is 7.85. The minimum Gasteiger partial charge on any atom is -0.497 e. The van der Waals surface area contributed by atoms with Crippen molar-refractivity contribution in [2.24, 2.45) is 0 Å². The van der Waals surface area contributed by atoms with Crippen molar-refractivity contribution in [3.05, 3.63) is 64.4 Å². The highest BCUT2D eigenvalue weighted by Crippen LogP contribution is 2.31. The molecule has 120 valence electrons. The third-order valence-corrected chi connectivity index (χ3v) is 4.23. The van der Waals surface area contributed by atoms with Gasteiger partial charge in [-0.2, -0.15) is 0 Å². The molecule has 0 N–H and O–H groups in total. The summed E-state index contributed by atoms with van der Waals surface area (Å²) in [5, 5.41) is 0.149. The highest BCUT2D eigenvalue weighted by Gasteiger charge is 2.33. The smallest absolute Gasteiger partial charge is 0.255 e. The van der Waals surface area contributed by atoms with Gasteiger partial charge < -0.3 is 9.64 Å². The Bertz CT molecular complexity index is 713. The zero-order valence-electron chi connectivity index (χ0n) is 12.8. The van der Waals surface area contributed by atoms with Gasteiger partial charge in [0, 0.05) is 12.6 Å². The topological polar surface area (TPSA) is 29.5 Å². The van der Waals surface area contributed by atoms with Crippen LogP contribution >= 0.6 is 11.6 Å². The van der Waals surface area contributed by atoms with E-state index in [0.29, 0.717) is 12.1 Å². The Kier molecular flexibility index (Phi) is 4.53. The number of hydrogen-bond acceptors (Lipinski definition) is 2. The summed E-state index contributed by atoms with van der Waals surface area (Å²) >= 11 is 6.03. The molecule has 1 fully saturated rings. The molecule has 0 radical (unpaired) electrons. The van der Waals surface area contributed by atoms with Crippen LogP contribution < -0.4 is 4.74 Å². The Morgan fingerprint density at radius 3 is 2.52 bits per heavy atom. The number of nitrogens with zero attached hydrogens (tertiary/aromatic N) is 1. The normalized spacial score (nSPS) is 13.7. The number of methoxy groups -OCH3 is 1. The van der Waals surface area contributed by atoms with Gasteiger partial charge in [0.05, 0.1) is 17.7 Å². The van der Waals surface area contributed by atoms with Crippen LogP contribution in [0.25, 0.3) is 0 Å². The molecule has 2 aromatic carbocycles. The first-order chi connectivity index (χ1) is 11.1. The first-order valence-electron chi connectivity index (χ1n) is 7.47. The van der Waals surface area contributed by atoms with E-state index in [-0.39, 0.29) is 17.0 Å². The molecular formula is C18H17ClFNO2. The molecule has 0 aromatic heterocycles. The van der Waals surface area contributed by atoms with E-state index in [9.17, 15) is 9.18 Å². The molecule has 2 aromatic rings. The van der Waals surface area contributed by atoms with Gasteiger partial charge >= 0.3 is 0 Å². The Hall–Kier alpha value is -2.07. The minimum absolute atomic E-state index is 0.149. The quantitative estimate of drug-likeness (QED) is 0.816. The number of halogens is 2. The largest absolute Gasteiger partial charge is 0.497 e. The van der Waals surface area contributed by atoms with Crippen LogP contribution in [0.4, 0.5) is 4.39 Å². The number of ether oxygens (including phenoxy) is 1. The van der Waals surface area contributed by atoms with E-state index in [1.807, 2.05) is 24.3 Å². The third-order valence-electron chi connectivity index (χ3n) is 3.92. The van der Waals surface area contributed by atoms with Gasteiger partial charge in [0.15, 0.2) is 0 Å². The molecule has 23 heavy (non-hydrogen) atoms. The lowest BCUT2D eigenvalue weighted by atomic mass is 10.1. The summed E-state index contributed by atoms with van der Waals surface area (Å²) in [5.74, 6) is 0.174. The molecule has 5 heteroatoms. The maximum absolute atomic E-state index is 13.2. The molecule has 0 saturated heterocycles. The second-order valence-corrected chi connectivity index (χ2v) is 6.04. The fraction of sp³-hybridized carbons (Fsp3) is 0.278. The number of rotatable bonds is 5. The molecule has 1 aliphatic rings. The predicted molar refractivity (Wildman–Crippen MR) is 87.3 cm³/mol. The van der Waals surface area contributed by atoms with Gasteiger partial charge in [-0.05, 0) is 48.7 Å². The molecule has 0 bridgehead atoms. The zero-order chi connectivity index (χ0) is 16.4. The van der Waals surface area contributed by atoms with Crippen molar-refractivity contribution in [2.45, 2.75) is 25.4 Å². The van der Waals surface area contributed by atoms with Crippen LogP contribution in [0.2, 0.25) is 5.02 Å². The summed E-state index contributed by atoms with van der Waals surface area (Å²) in [4.78, 5) is 14.6. The Morgan fingerprint density at radius 1 is 1.26 bits per heavy atom. The van der Waals surface area contributed by atoms with E-state index in [0.717, 1.165) is 24.2 Å². The van der Waals surface area contributed by atoms with Crippen LogP contribution in [0.3, 0.4) is 0 Å². The van der Waals surface area contributed by atoms with Crippen molar-refractivity contribution in [3.63, 3.8) is 0 Å². The lowest BCUT2D eigenvalue weighted by Crippen LogP contribution is -2.32. The van der Waals surface area contributed by atoms with Crippen LogP contribution in [-0.4, -0.2) is 24.0 Å². The van der Waals surface area contributed by atoms with Crippen LogP contribution in [-0.2, 0) is 6.54 Å². The highest BCUT2D eigenvalue weighted by atomic mass is 35.5. The van der Waals surface area contributed by atoms with E-state index in [2.05, 4.69) is 0 Å². The average molecular weight is 334 g/mol. The van der Waals surface area contributed by atoms with Crippen molar-refractivity contribution in [2.75, 3.05) is 7.11 Å². The molecule has 1 amide bonds. The van der Waals surface area contributed by atoms with E-state index >= 15 is 0 Å². The van der Waals surface area contributed by atoms with Gasteiger partial charge in [-0.3, -0.25) is 4.79 Å². The first kappa shape index (κ1) is 15.8. The second-order valence-electron chi connectivity index (χ2n) is 5.64. The predicted octanol–water partition coefficient (Wildman–Crippen LogP) is 4.29. The Balaban J connectivity index is 1.81. The van der Waals surface area contributed by atoms with E-state index in [4.69, 9.17) is 16.3 Å². The van der Waals surface area contributed by atoms with Gasteiger partial charge in [0.1, 0.15) is 11.6 Å². The molecule has 0 heterocycles. The van der Waals surface area contributed by atoms with Crippen molar-refractivity contribution in [3.8, 4) is 5.75 Å². The SMILES string of the molecule is COc1ccc(CN(C(=O)c2ccc(F)cc2Cl)C2CC2)cc1. The minimum atomic E-state index is -0.445. The molecule has 3 nitrogen and oxygen atoms in total. The Morgan fingerprint density at radius 2 is 1.96 bits per heavy atom. The van der Waals surface area contributed by atoms with Gasteiger partial charge in [-0.15, -0.1) is 0 Å². The lowest BCUT2D eigenvalue weighted by molar-refractivity contribution is 0.0730. The van der Waals surface area contributed by atoms with Crippen molar-refractivity contribution < 1.29 is 13.9 Å². The fourth-order valence-electron chi connectivity index (χ4n) is 2.50. The van der Waals surface area contributed by atoms with E-state index in [1.54, 1.807) is 12.0 Å². The Labute approximate surface area is 139 Å². The molecule has 3 rings (SSSR count). The molecule has 1 saturated carbocycles. The van der Waals surface area contributed by atoms with Gasteiger partial charge in [-0.25, -0.2) is 4.39 Å². The fourth-order valence-corrected chi connectivity index (χ4v) is 2.75. The van der Waals surface area contributed by atoms with Crippen LogP contribution in [0.1, 0.15) is 28.8 Å². The molecular weight excluding hydrogens is 317 g/mol. The molecule has 0 spiro atoms. The highest BCUT2D eigenvalue weighted by molar-refractivity contribution is 6.33. The lowest BCUT2D eigenvalue weighted by Gasteiger charge is -2.23. The van der Waals surface area contributed by atoms with Gasteiger partial charge in [0.25, 0.3) is 5.91 Å². The summed E-state index contributed by atoms with van der Waals surface area (Å²) in [6, 6.07) is 11.7. The summed E-state index contributed by atoms with van der Waals surface area (Å²) in [6.07, 6.45) is 1.97. The summed E-state index contributed by atoms with van der Waals surface area (Å²) in [6.45, 7) is 0.501. The van der Waals surface area contributed by atoms with Crippen LogP contribution in [0, 0.1) is 5.82 Å². The van der Waals surface area contributed by atoms with Gasteiger partial charge in [0.2, 0.25) is 0 Å². The zero-order valence-corrected chi connectivity index (χ0v) is 13.5. The second kappa shape index (κ2) is 6.59. The van der Waals surface area contributed by atoms with Crippen LogP contribution in [0.15, 0.2) is 42.5 Å². The maximum atomic E-state index is 13.2. The molecule has 1 aliphatic carbocycles. The average Bonchev–Trinajstić information content (AvgIpc) is 3.37. The van der Waals surface area contributed by atoms with Crippen molar-refractivity contribution >= 4 is 17.5 Å². The van der Waals surface area contributed by atoms with Gasteiger partial charge in [-0.1, -0.05) is 23.7 Å². The third kappa shape index (κ3) is 3.64. The number of amides is 1. The van der Waals surface area contributed by atoms with E-state index < -0.39 is 5.82 Å². The molecule has 0 atom stereocenters. The standard InChI is InChI=1S/C18H17ClFNO2/c1-23-15-7-2-12(3-8-15)11-21(14-5-6-14)18(22)16-9-4-13(20)10-17(16)19/h2-4,7-10,14H,5-6,11H2,1H3. The number of carbonyl (C=O) groups is 1.